The summed E-state index contributed by atoms with van der Waals surface area (Å²) in [7, 11) is 1.14. The van der Waals surface area contributed by atoms with Crippen LogP contribution in [0.3, 0.4) is 0 Å². The number of aromatic amines is 1. The highest BCUT2D eigenvalue weighted by Crippen LogP contribution is 2.35. The Morgan fingerprint density at radius 3 is 2.42 bits per heavy atom. The summed E-state index contributed by atoms with van der Waals surface area (Å²) >= 11 is 0. The molecule has 0 saturated carbocycles. The van der Waals surface area contributed by atoms with Crippen LogP contribution in [-0.2, 0) is 10.5 Å². The third kappa shape index (κ3) is 2.95. The minimum absolute atomic E-state index is 0.0904. The lowest BCUT2D eigenvalue weighted by Gasteiger charge is -2.33. The van der Waals surface area contributed by atoms with Crippen LogP contribution < -0.4 is 5.32 Å². The van der Waals surface area contributed by atoms with Crippen molar-refractivity contribution in [3.63, 3.8) is 0 Å². The van der Waals surface area contributed by atoms with Crippen molar-refractivity contribution in [3.8, 4) is 0 Å². The second-order valence-corrected chi connectivity index (χ2v) is 5.41. The van der Waals surface area contributed by atoms with E-state index in [0.29, 0.717) is 6.07 Å². The minimum atomic E-state index is -2.13. The maximum atomic E-state index is 14.5. The average molecular weight is 361 g/mol. The molecule has 0 spiro atoms. The zero-order valence-electron chi connectivity index (χ0n) is 13.6. The van der Waals surface area contributed by atoms with Gasteiger partial charge >= 0.3 is 0 Å². The van der Waals surface area contributed by atoms with Gasteiger partial charge in [-0.2, -0.15) is 5.10 Å². The molecule has 0 aliphatic heterocycles. The van der Waals surface area contributed by atoms with Gasteiger partial charge in [0.2, 0.25) is 5.72 Å². The van der Waals surface area contributed by atoms with Gasteiger partial charge in [0.15, 0.2) is 11.6 Å². The average Bonchev–Trinajstić information content (AvgIpc) is 3.20. The van der Waals surface area contributed by atoms with Crippen LogP contribution in [0.25, 0.3) is 0 Å². The predicted octanol–water partition coefficient (Wildman–Crippen LogP) is 3.10. The molecule has 0 saturated heterocycles. The van der Waals surface area contributed by atoms with Crippen molar-refractivity contribution in [2.24, 2.45) is 0 Å². The number of nitrogens with zero attached hydrogens (tertiary/aromatic N) is 1. The van der Waals surface area contributed by atoms with Crippen molar-refractivity contribution < 1.29 is 22.7 Å². The molecule has 1 aromatic heterocycles. The van der Waals surface area contributed by atoms with E-state index in [0.717, 1.165) is 13.2 Å². The Balaban J connectivity index is 2.19. The standard InChI is InChI=1S/C18H14F3N3O2/c1-26-18(12-9-22-23-10-12,15-13(19)7-8-14(20)16(15)21)24-17(25)11-5-3-2-4-6-11/h2-10H,1H3,(H,22,23)(H,24,25). The highest BCUT2D eigenvalue weighted by atomic mass is 19.2. The molecule has 26 heavy (non-hydrogen) atoms. The largest absolute Gasteiger partial charge is 0.350 e. The summed E-state index contributed by atoms with van der Waals surface area (Å²) in [5.41, 5.74) is -2.59. The maximum Gasteiger partial charge on any atom is 0.254 e. The second kappa shape index (κ2) is 7.01. The van der Waals surface area contributed by atoms with Crippen molar-refractivity contribution in [2.45, 2.75) is 5.72 Å². The van der Waals surface area contributed by atoms with E-state index >= 15 is 0 Å². The van der Waals surface area contributed by atoms with Gasteiger partial charge in [-0.15, -0.1) is 0 Å². The molecule has 1 heterocycles. The van der Waals surface area contributed by atoms with Crippen molar-refractivity contribution in [1.29, 1.82) is 0 Å². The molecule has 134 valence electrons. The molecule has 0 aliphatic carbocycles. The van der Waals surface area contributed by atoms with E-state index in [2.05, 4.69) is 15.5 Å². The number of amides is 1. The van der Waals surface area contributed by atoms with Gasteiger partial charge in [-0.25, -0.2) is 13.2 Å². The van der Waals surface area contributed by atoms with Gasteiger partial charge in [0.25, 0.3) is 5.91 Å². The van der Waals surface area contributed by atoms with E-state index in [-0.39, 0.29) is 11.1 Å². The van der Waals surface area contributed by atoms with Gasteiger partial charge in [-0.1, -0.05) is 18.2 Å². The first kappa shape index (κ1) is 17.7. The Labute approximate surface area is 146 Å². The number of aromatic nitrogens is 2. The third-order valence-corrected chi connectivity index (χ3v) is 3.93. The molecule has 0 fully saturated rings. The second-order valence-electron chi connectivity index (χ2n) is 5.41. The van der Waals surface area contributed by atoms with Crippen LogP contribution in [0.5, 0.6) is 0 Å². The van der Waals surface area contributed by atoms with Crippen molar-refractivity contribution in [1.82, 2.24) is 15.5 Å². The van der Waals surface area contributed by atoms with Crippen molar-refractivity contribution in [3.05, 3.63) is 89.0 Å². The van der Waals surface area contributed by atoms with Gasteiger partial charge in [0.05, 0.1) is 11.8 Å². The third-order valence-electron chi connectivity index (χ3n) is 3.93. The monoisotopic (exact) mass is 361 g/mol. The normalized spacial score (nSPS) is 13.2. The summed E-state index contributed by atoms with van der Waals surface area (Å²) in [5, 5.41) is 8.67. The molecule has 0 aliphatic rings. The van der Waals surface area contributed by atoms with Crippen LogP contribution in [0.4, 0.5) is 13.2 Å². The first-order valence-electron chi connectivity index (χ1n) is 7.55. The highest BCUT2D eigenvalue weighted by Gasteiger charge is 2.43. The Morgan fingerprint density at radius 2 is 1.81 bits per heavy atom. The van der Waals surface area contributed by atoms with Gasteiger partial charge in [-0.05, 0) is 24.3 Å². The van der Waals surface area contributed by atoms with Gasteiger partial charge in [-0.3, -0.25) is 9.89 Å². The number of rotatable bonds is 5. The molecule has 2 aromatic carbocycles. The summed E-state index contributed by atoms with van der Waals surface area (Å²) < 4.78 is 48.1. The van der Waals surface area contributed by atoms with Crippen molar-refractivity contribution >= 4 is 5.91 Å². The maximum absolute atomic E-state index is 14.5. The molecule has 1 unspecified atom stereocenters. The van der Waals surface area contributed by atoms with E-state index in [4.69, 9.17) is 4.74 Å². The number of carbonyl (C=O) groups is 1. The Kier molecular flexibility index (Phi) is 4.77. The number of H-pyrrole nitrogens is 1. The van der Waals surface area contributed by atoms with E-state index in [9.17, 15) is 18.0 Å². The molecule has 0 bridgehead atoms. The number of benzene rings is 2. The number of ether oxygens (including phenoxy) is 1. The van der Waals surface area contributed by atoms with Gasteiger partial charge < -0.3 is 10.1 Å². The summed E-state index contributed by atoms with van der Waals surface area (Å²) in [6, 6.07) is 9.42. The van der Waals surface area contributed by atoms with Crippen molar-refractivity contribution in [2.75, 3.05) is 7.11 Å². The fourth-order valence-electron chi connectivity index (χ4n) is 2.66. The Bertz CT molecular complexity index is 917. The molecule has 5 nitrogen and oxygen atoms in total. The summed E-state index contributed by atoms with van der Waals surface area (Å²) in [5.74, 6) is -4.50. The Morgan fingerprint density at radius 1 is 1.12 bits per heavy atom. The molecule has 1 amide bonds. The lowest BCUT2D eigenvalue weighted by Crippen LogP contribution is -2.49. The van der Waals surface area contributed by atoms with Crippen LogP contribution in [0, 0.1) is 17.5 Å². The number of halogens is 3. The SMILES string of the molecule is COC(NC(=O)c1ccccc1)(c1cn[nH]c1)c1c(F)ccc(F)c1F. The number of hydrogen-bond donors (Lipinski definition) is 2. The molecule has 2 N–H and O–H groups in total. The van der Waals surface area contributed by atoms with Crippen LogP contribution >= 0.6 is 0 Å². The van der Waals surface area contributed by atoms with E-state index in [1.807, 2.05) is 0 Å². The quantitative estimate of drug-likeness (QED) is 0.542. The fraction of sp³-hybridized carbons (Fsp3) is 0.111. The molecular weight excluding hydrogens is 347 g/mol. The zero-order valence-corrected chi connectivity index (χ0v) is 13.6. The topological polar surface area (TPSA) is 67.0 Å². The summed E-state index contributed by atoms with van der Waals surface area (Å²) in [6.45, 7) is 0. The predicted molar refractivity (Wildman–Crippen MR) is 86.6 cm³/mol. The van der Waals surface area contributed by atoms with Crippen LogP contribution in [0.1, 0.15) is 21.5 Å². The fourth-order valence-corrected chi connectivity index (χ4v) is 2.66. The van der Waals surface area contributed by atoms with E-state index < -0.39 is 34.6 Å². The molecule has 1 atom stereocenters. The van der Waals surface area contributed by atoms with Gasteiger partial charge in [0, 0.05) is 24.4 Å². The first-order chi connectivity index (χ1) is 12.5. The first-order valence-corrected chi connectivity index (χ1v) is 7.55. The lowest BCUT2D eigenvalue weighted by atomic mass is 9.94. The molecule has 3 aromatic rings. The molecule has 8 heteroatoms. The smallest absolute Gasteiger partial charge is 0.254 e. The number of hydrogen-bond acceptors (Lipinski definition) is 3. The Hall–Kier alpha value is -3.13. The lowest BCUT2D eigenvalue weighted by molar-refractivity contribution is -0.0105. The summed E-state index contributed by atoms with van der Waals surface area (Å²) in [4.78, 5) is 12.6. The number of nitrogens with one attached hydrogen (secondary N) is 2. The van der Waals surface area contributed by atoms with Gasteiger partial charge in [0.1, 0.15) is 5.82 Å². The van der Waals surface area contributed by atoms with Crippen LogP contribution in [0.2, 0.25) is 0 Å². The molecule has 0 radical (unpaired) electrons. The number of carbonyl (C=O) groups excluding carboxylic acids is 1. The van der Waals surface area contributed by atoms with E-state index in [1.54, 1.807) is 18.2 Å². The summed E-state index contributed by atoms with van der Waals surface area (Å²) in [6.07, 6.45) is 2.51. The van der Waals surface area contributed by atoms with Crippen LogP contribution in [-0.4, -0.2) is 23.2 Å². The van der Waals surface area contributed by atoms with Crippen LogP contribution in [0.15, 0.2) is 54.9 Å². The highest BCUT2D eigenvalue weighted by molar-refractivity contribution is 5.94. The van der Waals surface area contributed by atoms with E-state index in [1.165, 1.54) is 24.5 Å². The molecular formula is C18H14F3N3O2. The molecule has 3 rings (SSSR count). The zero-order chi connectivity index (χ0) is 18.7. The number of methoxy groups -OCH3 is 1. The minimum Gasteiger partial charge on any atom is -0.350 e.